The maximum absolute atomic E-state index is 11.9. The quantitative estimate of drug-likeness (QED) is 0.413. The molecule has 0 aliphatic carbocycles. The molecule has 1 aromatic rings. The van der Waals surface area contributed by atoms with E-state index in [9.17, 15) is 13.2 Å². The standard InChI is InChI=1S/C12H21F3N4O/c1-2-5-19-6-4-17-11(19)8-10(18-16)3-7-20-9-12(13,14)15/h4,6,10,18H,2-3,5,7-9,16H2,1H3. The maximum atomic E-state index is 11.9. The Morgan fingerprint density at radius 3 is 2.85 bits per heavy atom. The van der Waals surface area contributed by atoms with Gasteiger partial charge in [-0.15, -0.1) is 0 Å². The van der Waals surface area contributed by atoms with Gasteiger partial charge in [0.25, 0.3) is 0 Å². The SMILES string of the molecule is CCCn1ccnc1CC(CCOCC(F)(F)F)NN. The van der Waals surface area contributed by atoms with Crippen LogP contribution in [0.4, 0.5) is 13.2 Å². The minimum absolute atomic E-state index is 0.00284. The Bertz CT molecular complexity index is 381. The monoisotopic (exact) mass is 294 g/mol. The first-order valence-electron chi connectivity index (χ1n) is 6.57. The van der Waals surface area contributed by atoms with Crippen LogP contribution in [0.5, 0.6) is 0 Å². The second-order valence-corrected chi connectivity index (χ2v) is 4.56. The lowest BCUT2D eigenvalue weighted by Gasteiger charge is -2.17. The third-order valence-electron chi connectivity index (χ3n) is 2.81. The zero-order valence-electron chi connectivity index (χ0n) is 11.5. The first-order valence-corrected chi connectivity index (χ1v) is 6.57. The molecule has 0 aromatic carbocycles. The van der Waals surface area contributed by atoms with E-state index in [1.54, 1.807) is 6.20 Å². The minimum Gasteiger partial charge on any atom is -0.372 e. The van der Waals surface area contributed by atoms with E-state index in [4.69, 9.17) is 5.84 Å². The topological polar surface area (TPSA) is 65.1 Å². The third-order valence-corrected chi connectivity index (χ3v) is 2.81. The highest BCUT2D eigenvalue weighted by Crippen LogP contribution is 2.14. The van der Waals surface area contributed by atoms with Gasteiger partial charge in [0, 0.05) is 38.0 Å². The van der Waals surface area contributed by atoms with Gasteiger partial charge in [-0.3, -0.25) is 11.3 Å². The second kappa shape index (κ2) is 8.23. The van der Waals surface area contributed by atoms with Crippen LogP contribution in [-0.4, -0.2) is 35.0 Å². The number of imidazole rings is 1. The summed E-state index contributed by atoms with van der Waals surface area (Å²) in [5, 5.41) is 0. The number of alkyl halides is 3. The van der Waals surface area contributed by atoms with Gasteiger partial charge in [0.2, 0.25) is 0 Å². The molecule has 0 radical (unpaired) electrons. The fourth-order valence-corrected chi connectivity index (χ4v) is 1.85. The molecule has 0 aliphatic heterocycles. The molecule has 0 amide bonds. The van der Waals surface area contributed by atoms with Crippen molar-refractivity contribution in [3.05, 3.63) is 18.2 Å². The van der Waals surface area contributed by atoms with E-state index in [1.807, 2.05) is 10.8 Å². The molecule has 1 heterocycles. The Hall–Kier alpha value is -1.12. The van der Waals surface area contributed by atoms with Crippen LogP contribution in [0.25, 0.3) is 0 Å². The number of aromatic nitrogens is 2. The summed E-state index contributed by atoms with van der Waals surface area (Å²) in [7, 11) is 0. The van der Waals surface area contributed by atoms with Crippen molar-refractivity contribution in [3.63, 3.8) is 0 Å². The Morgan fingerprint density at radius 1 is 1.50 bits per heavy atom. The summed E-state index contributed by atoms with van der Waals surface area (Å²) in [4.78, 5) is 4.24. The highest BCUT2D eigenvalue weighted by Gasteiger charge is 2.27. The smallest absolute Gasteiger partial charge is 0.372 e. The summed E-state index contributed by atoms with van der Waals surface area (Å²) in [6, 6.07) is -0.166. The number of hydrogen-bond acceptors (Lipinski definition) is 4. The predicted molar refractivity (Wildman–Crippen MR) is 68.8 cm³/mol. The van der Waals surface area contributed by atoms with Crippen LogP contribution in [0.15, 0.2) is 12.4 Å². The highest BCUT2D eigenvalue weighted by atomic mass is 19.4. The van der Waals surface area contributed by atoms with Gasteiger partial charge < -0.3 is 9.30 Å². The molecule has 1 rings (SSSR count). The van der Waals surface area contributed by atoms with E-state index < -0.39 is 12.8 Å². The zero-order valence-corrected chi connectivity index (χ0v) is 11.5. The van der Waals surface area contributed by atoms with Gasteiger partial charge in [-0.1, -0.05) is 6.92 Å². The van der Waals surface area contributed by atoms with E-state index in [0.29, 0.717) is 12.8 Å². The van der Waals surface area contributed by atoms with Gasteiger partial charge in [0.05, 0.1) is 0 Å². The average molecular weight is 294 g/mol. The van der Waals surface area contributed by atoms with Crippen molar-refractivity contribution in [2.75, 3.05) is 13.2 Å². The number of nitrogens with zero attached hydrogens (tertiary/aromatic N) is 2. The normalized spacial score (nSPS) is 13.7. The van der Waals surface area contributed by atoms with Gasteiger partial charge in [-0.05, 0) is 12.8 Å². The average Bonchev–Trinajstić information content (AvgIpc) is 2.80. The molecule has 1 aromatic heterocycles. The van der Waals surface area contributed by atoms with Crippen molar-refractivity contribution >= 4 is 0 Å². The molecule has 1 unspecified atom stereocenters. The van der Waals surface area contributed by atoms with E-state index in [1.165, 1.54) is 0 Å². The van der Waals surface area contributed by atoms with Crippen LogP contribution < -0.4 is 11.3 Å². The van der Waals surface area contributed by atoms with Gasteiger partial charge in [0.1, 0.15) is 12.4 Å². The number of halogens is 3. The van der Waals surface area contributed by atoms with E-state index in [2.05, 4.69) is 22.1 Å². The minimum atomic E-state index is -4.29. The molecule has 8 heteroatoms. The van der Waals surface area contributed by atoms with Gasteiger partial charge >= 0.3 is 6.18 Å². The Labute approximate surface area is 116 Å². The summed E-state index contributed by atoms with van der Waals surface area (Å²) >= 11 is 0. The molecule has 0 saturated heterocycles. The molecule has 20 heavy (non-hydrogen) atoms. The Kier molecular flexibility index (Phi) is 6.97. The molecule has 0 saturated carbocycles. The lowest BCUT2D eigenvalue weighted by molar-refractivity contribution is -0.174. The van der Waals surface area contributed by atoms with Crippen molar-refractivity contribution in [1.82, 2.24) is 15.0 Å². The number of hydrogen-bond donors (Lipinski definition) is 2. The number of nitrogens with two attached hydrogens (primary N) is 1. The fraction of sp³-hybridized carbons (Fsp3) is 0.750. The van der Waals surface area contributed by atoms with E-state index >= 15 is 0 Å². The van der Waals surface area contributed by atoms with Crippen molar-refractivity contribution in [2.24, 2.45) is 5.84 Å². The van der Waals surface area contributed by atoms with Crippen molar-refractivity contribution < 1.29 is 17.9 Å². The molecule has 5 nitrogen and oxygen atoms in total. The first-order chi connectivity index (χ1) is 9.46. The molecular formula is C12H21F3N4O. The first kappa shape index (κ1) is 16.9. The highest BCUT2D eigenvalue weighted by molar-refractivity contribution is 4.95. The number of ether oxygens (including phenoxy) is 1. The van der Waals surface area contributed by atoms with Crippen LogP contribution in [0.2, 0.25) is 0 Å². The van der Waals surface area contributed by atoms with Crippen molar-refractivity contribution in [2.45, 2.75) is 44.9 Å². The van der Waals surface area contributed by atoms with Crippen molar-refractivity contribution in [1.29, 1.82) is 0 Å². The van der Waals surface area contributed by atoms with Crippen LogP contribution in [0.1, 0.15) is 25.6 Å². The van der Waals surface area contributed by atoms with Crippen LogP contribution in [0, 0.1) is 0 Å². The zero-order chi connectivity index (χ0) is 15.0. The fourth-order valence-electron chi connectivity index (χ4n) is 1.85. The van der Waals surface area contributed by atoms with Crippen molar-refractivity contribution in [3.8, 4) is 0 Å². The van der Waals surface area contributed by atoms with E-state index in [0.717, 1.165) is 18.8 Å². The summed E-state index contributed by atoms with van der Waals surface area (Å²) in [5.41, 5.74) is 2.59. The molecule has 0 aliphatic rings. The molecule has 0 fully saturated rings. The van der Waals surface area contributed by atoms with Gasteiger partial charge in [-0.25, -0.2) is 4.98 Å². The lowest BCUT2D eigenvalue weighted by Crippen LogP contribution is -2.38. The van der Waals surface area contributed by atoms with Gasteiger partial charge in [-0.2, -0.15) is 13.2 Å². The number of aryl methyl sites for hydroxylation is 1. The van der Waals surface area contributed by atoms with Crippen LogP contribution in [0.3, 0.4) is 0 Å². The molecular weight excluding hydrogens is 273 g/mol. The molecule has 116 valence electrons. The maximum Gasteiger partial charge on any atom is 0.411 e. The van der Waals surface area contributed by atoms with Crippen LogP contribution >= 0.6 is 0 Å². The second-order valence-electron chi connectivity index (χ2n) is 4.56. The van der Waals surface area contributed by atoms with Crippen LogP contribution in [-0.2, 0) is 17.7 Å². The molecule has 3 N–H and O–H groups in total. The number of hydrazine groups is 1. The number of nitrogens with one attached hydrogen (secondary N) is 1. The van der Waals surface area contributed by atoms with E-state index in [-0.39, 0.29) is 12.6 Å². The molecule has 1 atom stereocenters. The molecule has 0 spiro atoms. The Balaban J connectivity index is 2.37. The lowest BCUT2D eigenvalue weighted by atomic mass is 10.1. The summed E-state index contributed by atoms with van der Waals surface area (Å²) in [6.45, 7) is 1.70. The summed E-state index contributed by atoms with van der Waals surface area (Å²) < 4.78 is 42.4. The Morgan fingerprint density at radius 2 is 2.25 bits per heavy atom. The largest absolute Gasteiger partial charge is 0.411 e. The molecule has 0 bridgehead atoms. The number of rotatable bonds is 9. The predicted octanol–water partition coefficient (Wildman–Crippen LogP) is 1.64. The summed E-state index contributed by atoms with van der Waals surface area (Å²) in [5.74, 6) is 6.28. The third kappa shape index (κ3) is 6.36. The van der Waals surface area contributed by atoms with Gasteiger partial charge in [0.15, 0.2) is 0 Å². The summed E-state index contributed by atoms with van der Waals surface area (Å²) in [6.07, 6.45) is 1.23.